The second-order valence-electron chi connectivity index (χ2n) is 3.18. The Morgan fingerprint density at radius 3 is 2.56 bits per heavy atom. The molecule has 1 N–H and O–H groups in total. The summed E-state index contributed by atoms with van der Waals surface area (Å²) in [6, 6.07) is 8.13. The van der Waals surface area contributed by atoms with Crippen molar-refractivity contribution in [1.29, 1.82) is 0 Å². The maximum Gasteiger partial charge on any atom is 1.00 e. The zero-order valence-electron chi connectivity index (χ0n) is 11.0. The molecule has 0 aliphatic heterocycles. The first-order valence-electron chi connectivity index (χ1n) is 4.87. The molecule has 0 atom stereocenters. The van der Waals surface area contributed by atoms with Crippen LogP contribution >= 0.6 is 24.0 Å². The minimum atomic E-state index is -3.74. The van der Waals surface area contributed by atoms with Crippen molar-refractivity contribution in [2.24, 2.45) is 0 Å². The van der Waals surface area contributed by atoms with Crippen molar-refractivity contribution in [3.63, 3.8) is 0 Å². The molecule has 4 nitrogen and oxygen atoms in total. The Bertz CT molecular complexity index is 532. The molecule has 1 aromatic carbocycles. The molecule has 0 aliphatic rings. The summed E-state index contributed by atoms with van der Waals surface area (Å²) in [7, 11) is -3.74. The molecule has 2 rings (SSSR count). The van der Waals surface area contributed by atoms with E-state index in [1.807, 2.05) is 23.7 Å². The number of aromatic nitrogens is 1. The average Bonchev–Trinajstić information content (AvgIpc) is 2.74. The molecular weight excluding hydrogens is 301 g/mol. The minimum Gasteiger partial charge on any atom is -1.00 e. The molecule has 1 heterocycles. The molecule has 2 aromatic rings. The standard InChI is InChI=1S/C7H5NS.C3H8O3S2.Na.H/c1-2-4-7-6(3-1)8-5-9-7;4-8(5,6)3-1-2-7;;/h1-5H;7H,1-3H2,(H,4,5,6);;/q;;+1;-1. The van der Waals surface area contributed by atoms with Gasteiger partial charge in [-0.1, -0.05) is 12.1 Å². The van der Waals surface area contributed by atoms with Crippen LogP contribution in [0.2, 0.25) is 0 Å². The third-order valence-electron chi connectivity index (χ3n) is 1.80. The second-order valence-corrected chi connectivity index (χ2v) is 6.09. The number of thiazole rings is 1. The monoisotopic (exact) mass is 315 g/mol. The van der Waals surface area contributed by atoms with Crippen molar-refractivity contribution in [1.82, 2.24) is 4.98 Å². The molecule has 1 aromatic heterocycles. The number of hydrogen-bond acceptors (Lipinski definition) is 5. The van der Waals surface area contributed by atoms with E-state index >= 15 is 0 Å². The Kier molecular flexibility index (Phi) is 9.49. The molecular formula is C10H14NNaO3S3. The summed E-state index contributed by atoms with van der Waals surface area (Å²) in [5.41, 5.74) is 2.97. The first-order valence-corrected chi connectivity index (χ1v) is 7.99. The Balaban J connectivity index is 0. The molecule has 0 bridgehead atoms. The quantitative estimate of drug-likeness (QED) is 0.460. The van der Waals surface area contributed by atoms with E-state index in [0.29, 0.717) is 12.2 Å². The van der Waals surface area contributed by atoms with Crippen LogP contribution in [0.4, 0.5) is 0 Å². The van der Waals surface area contributed by atoms with Gasteiger partial charge >= 0.3 is 29.6 Å². The fourth-order valence-electron chi connectivity index (χ4n) is 1.05. The van der Waals surface area contributed by atoms with E-state index in [0.717, 1.165) is 5.52 Å². The van der Waals surface area contributed by atoms with Gasteiger partial charge in [0.1, 0.15) is 0 Å². The second kappa shape index (κ2) is 9.30. The van der Waals surface area contributed by atoms with E-state index in [-0.39, 0.29) is 36.7 Å². The molecule has 0 radical (unpaired) electrons. The summed E-state index contributed by atoms with van der Waals surface area (Å²) >= 11 is 5.43. The predicted molar refractivity (Wildman–Crippen MR) is 75.6 cm³/mol. The number of para-hydroxylation sites is 1. The Labute approximate surface area is 140 Å². The molecule has 18 heavy (non-hydrogen) atoms. The van der Waals surface area contributed by atoms with Crippen molar-refractivity contribution < 1.29 is 44.0 Å². The predicted octanol–water partition coefficient (Wildman–Crippen LogP) is -0.393. The SMILES string of the molecule is O=S(=O)(O)CCCS.[H-].[Na+].c1ccc2scnc2c1. The van der Waals surface area contributed by atoms with E-state index in [4.69, 9.17) is 4.55 Å². The van der Waals surface area contributed by atoms with Crippen LogP contribution in [0.15, 0.2) is 29.8 Å². The smallest absolute Gasteiger partial charge is 1.00 e. The first kappa shape index (κ1) is 18.4. The Hall–Kier alpha value is 0.370. The molecule has 96 valence electrons. The Morgan fingerprint density at radius 2 is 2.06 bits per heavy atom. The Morgan fingerprint density at radius 1 is 1.39 bits per heavy atom. The molecule has 0 unspecified atom stereocenters. The topological polar surface area (TPSA) is 67.3 Å². The van der Waals surface area contributed by atoms with E-state index in [2.05, 4.69) is 23.7 Å². The summed E-state index contributed by atoms with van der Waals surface area (Å²) in [6.07, 6.45) is 0.405. The number of hydrogen-bond donors (Lipinski definition) is 2. The third-order valence-corrected chi connectivity index (χ3v) is 3.73. The summed E-state index contributed by atoms with van der Waals surface area (Å²) in [4.78, 5) is 4.14. The average molecular weight is 315 g/mol. The fourth-order valence-corrected chi connectivity index (χ4v) is 2.61. The largest absolute Gasteiger partial charge is 1.00 e. The van der Waals surface area contributed by atoms with E-state index in [1.54, 1.807) is 11.3 Å². The number of rotatable bonds is 3. The summed E-state index contributed by atoms with van der Waals surface area (Å²) in [5, 5.41) is 0. The van der Waals surface area contributed by atoms with E-state index in [1.165, 1.54) is 4.70 Å². The molecule has 0 saturated carbocycles. The van der Waals surface area contributed by atoms with Crippen molar-refractivity contribution in [3.8, 4) is 0 Å². The van der Waals surface area contributed by atoms with Crippen molar-refractivity contribution >= 4 is 44.3 Å². The fraction of sp³-hybridized carbons (Fsp3) is 0.300. The zero-order chi connectivity index (χ0) is 12.7. The van der Waals surface area contributed by atoms with Gasteiger partial charge in [-0.3, -0.25) is 4.55 Å². The van der Waals surface area contributed by atoms with Gasteiger partial charge in [-0.15, -0.1) is 11.3 Å². The van der Waals surface area contributed by atoms with Crippen LogP contribution in [0.1, 0.15) is 7.85 Å². The van der Waals surface area contributed by atoms with E-state index in [9.17, 15) is 8.42 Å². The third kappa shape index (κ3) is 7.73. The van der Waals surface area contributed by atoms with Gasteiger partial charge in [-0.2, -0.15) is 21.0 Å². The summed E-state index contributed by atoms with van der Waals surface area (Å²) in [6.45, 7) is 0. The number of benzene rings is 1. The summed E-state index contributed by atoms with van der Waals surface area (Å²) in [5.74, 6) is 0.302. The number of thiol groups is 1. The van der Waals surface area contributed by atoms with Gasteiger partial charge in [0.25, 0.3) is 10.1 Å². The molecule has 0 spiro atoms. The van der Waals surface area contributed by atoms with Gasteiger partial charge in [0.2, 0.25) is 0 Å². The van der Waals surface area contributed by atoms with Crippen LogP contribution in [0, 0.1) is 0 Å². The zero-order valence-corrected chi connectivity index (χ0v) is 14.5. The number of fused-ring (bicyclic) bond motifs is 1. The molecule has 0 aliphatic carbocycles. The van der Waals surface area contributed by atoms with Crippen LogP contribution in [-0.4, -0.2) is 29.5 Å². The van der Waals surface area contributed by atoms with Crippen molar-refractivity contribution in [2.45, 2.75) is 6.42 Å². The van der Waals surface area contributed by atoms with Crippen LogP contribution in [0.5, 0.6) is 0 Å². The summed E-state index contributed by atoms with van der Waals surface area (Å²) < 4.78 is 29.2. The normalized spacial score (nSPS) is 10.3. The van der Waals surface area contributed by atoms with Crippen LogP contribution in [-0.2, 0) is 10.1 Å². The van der Waals surface area contributed by atoms with Crippen molar-refractivity contribution in [2.75, 3.05) is 11.5 Å². The van der Waals surface area contributed by atoms with Crippen LogP contribution in [0.25, 0.3) is 10.2 Å². The van der Waals surface area contributed by atoms with Crippen LogP contribution < -0.4 is 29.6 Å². The minimum absolute atomic E-state index is 0. The van der Waals surface area contributed by atoms with E-state index < -0.39 is 10.1 Å². The van der Waals surface area contributed by atoms with Crippen molar-refractivity contribution in [3.05, 3.63) is 29.8 Å². The maximum absolute atomic E-state index is 9.91. The van der Waals surface area contributed by atoms with Gasteiger partial charge in [-0.25, -0.2) is 4.98 Å². The molecule has 8 heteroatoms. The molecule has 0 amide bonds. The van der Waals surface area contributed by atoms with Gasteiger partial charge in [0.05, 0.1) is 21.5 Å². The van der Waals surface area contributed by atoms with Gasteiger partial charge in [0.15, 0.2) is 0 Å². The van der Waals surface area contributed by atoms with Crippen LogP contribution in [0.3, 0.4) is 0 Å². The maximum atomic E-state index is 9.91. The molecule has 0 saturated heterocycles. The molecule has 0 fully saturated rings. The van der Waals surface area contributed by atoms with Gasteiger partial charge in [-0.05, 0) is 24.3 Å². The first-order chi connectivity index (χ1) is 8.03. The van der Waals surface area contributed by atoms with Gasteiger partial charge < -0.3 is 1.43 Å². The van der Waals surface area contributed by atoms with Gasteiger partial charge in [0, 0.05) is 0 Å². The number of nitrogens with zero attached hydrogens (tertiary/aromatic N) is 1.